The highest BCUT2D eigenvalue weighted by molar-refractivity contribution is 5.78. The van der Waals surface area contributed by atoms with Gasteiger partial charge in [0.2, 0.25) is 5.91 Å². The predicted octanol–water partition coefficient (Wildman–Crippen LogP) is 1.17. The van der Waals surface area contributed by atoms with Crippen molar-refractivity contribution in [2.45, 2.75) is 51.0 Å². The van der Waals surface area contributed by atoms with Crippen LogP contribution in [0, 0.1) is 5.41 Å². The molecule has 2 fully saturated rings. The first-order valence-corrected chi connectivity index (χ1v) is 5.59. The number of amides is 1. The Labute approximate surface area is 85.4 Å². The van der Waals surface area contributed by atoms with Crippen molar-refractivity contribution in [2.24, 2.45) is 11.1 Å². The Balaban J connectivity index is 1.81. The molecule has 3 nitrogen and oxygen atoms in total. The Bertz CT molecular complexity index is 236. The molecule has 14 heavy (non-hydrogen) atoms. The summed E-state index contributed by atoms with van der Waals surface area (Å²) in [5, 5.41) is 3.09. The number of hydrogen-bond donors (Lipinski definition) is 2. The Morgan fingerprint density at radius 1 is 1.36 bits per heavy atom. The summed E-state index contributed by atoms with van der Waals surface area (Å²) in [5.41, 5.74) is 5.99. The molecule has 0 radical (unpaired) electrons. The summed E-state index contributed by atoms with van der Waals surface area (Å²) in [6.07, 6.45) is 6.41. The van der Waals surface area contributed by atoms with Crippen molar-refractivity contribution in [2.75, 3.05) is 6.54 Å². The largest absolute Gasteiger partial charge is 0.351 e. The average Bonchev–Trinajstić information content (AvgIpc) is 2.76. The normalized spacial score (nSPS) is 26.4. The van der Waals surface area contributed by atoms with Crippen molar-refractivity contribution in [3.63, 3.8) is 0 Å². The van der Waals surface area contributed by atoms with E-state index in [2.05, 4.69) is 12.2 Å². The maximum atomic E-state index is 11.7. The van der Waals surface area contributed by atoms with E-state index in [1.807, 2.05) is 0 Å². The van der Waals surface area contributed by atoms with Gasteiger partial charge in [-0.1, -0.05) is 6.42 Å². The molecule has 3 heteroatoms. The second kappa shape index (κ2) is 3.23. The summed E-state index contributed by atoms with van der Waals surface area (Å²) in [6.45, 7) is 2.78. The van der Waals surface area contributed by atoms with Crippen LogP contribution in [-0.4, -0.2) is 18.0 Å². The molecule has 0 saturated heterocycles. The average molecular weight is 196 g/mol. The molecule has 2 saturated carbocycles. The summed E-state index contributed by atoms with van der Waals surface area (Å²) in [7, 11) is 0. The number of hydrogen-bond acceptors (Lipinski definition) is 2. The van der Waals surface area contributed by atoms with E-state index in [0.29, 0.717) is 13.0 Å². The van der Waals surface area contributed by atoms with Crippen LogP contribution in [0.25, 0.3) is 0 Å². The third-order valence-corrected chi connectivity index (χ3v) is 3.82. The van der Waals surface area contributed by atoms with E-state index in [1.165, 1.54) is 6.42 Å². The summed E-state index contributed by atoms with van der Waals surface area (Å²) in [6, 6.07) is 0. The van der Waals surface area contributed by atoms with Gasteiger partial charge in [0.25, 0.3) is 0 Å². The number of nitrogens with two attached hydrogens (primary N) is 1. The number of rotatable bonds is 4. The molecule has 0 aromatic carbocycles. The lowest BCUT2D eigenvalue weighted by molar-refractivity contribution is -0.125. The van der Waals surface area contributed by atoms with Gasteiger partial charge in [-0.25, -0.2) is 0 Å². The molecule has 2 rings (SSSR count). The molecule has 80 valence electrons. The van der Waals surface area contributed by atoms with Gasteiger partial charge >= 0.3 is 0 Å². The second-order valence-corrected chi connectivity index (χ2v) is 5.34. The monoisotopic (exact) mass is 196 g/mol. The Hall–Kier alpha value is -0.570. The van der Waals surface area contributed by atoms with Gasteiger partial charge in [-0.2, -0.15) is 0 Å². The molecule has 3 N–H and O–H groups in total. The molecule has 0 bridgehead atoms. The molecule has 0 aromatic rings. The van der Waals surface area contributed by atoms with Crippen LogP contribution >= 0.6 is 0 Å². The van der Waals surface area contributed by atoms with Gasteiger partial charge in [0.1, 0.15) is 0 Å². The van der Waals surface area contributed by atoms with Crippen LogP contribution in [0.3, 0.4) is 0 Å². The Morgan fingerprint density at radius 3 is 2.36 bits per heavy atom. The Morgan fingerprint density at radius 2 is 2.00 bits per heavy atom. The van der Waals surface area contributed by atoms with Gasteiger partial charge in [-0.15, -0.1) is 0 Å². The SMILES string of the molecule is CC1(NC(=O)CC2(CN)CCC2)CC1. The molecule has 0 aliphatic heterocycles. The standard InChI is InChI=1S/C11H20N2O/c1-10(5-6-10)13-9(14)7-11(8-12)3-2-4-11/h2-8,12H2,1H3,(H,13,14). The lowest BCUT2D eigenvalue weighted by Gasteiger charge is -2.40. The zero-order chi connectivity index (χ0) is 10.2. The van der Waals surface area contributed by atoms with Gasteiger partial charge in [0.05, 0.1) is 0 Å². The molecule has 0 atom stereocenters. The lowest BCUT2D eigenvalue weighted by atomic mass is 9.66. The van der Waals surface area contributed by atoms with Crippen LogP contribution in [0.5, 0.6) is 0 Å². The van der Waals surface area contributed by atoms with Crippen molar-refractivity contribution in [1.82, 2.24) is 5.32 Å². The summed E-state index contributed by atoms with van der Waals surface area (Å²) < 4.78 is 0. The van der Waals surface area contributed by atoms with E-state index >= 15 is 0 Å². The highest BCUT2D eigenvalue weighted by Gasteiger charge is 2.42. The second-order valence-electron chi connectivity index (χ2n) is 5.34. The summed E-state index contributed by atoms with van der Waals surface area (Å²) in [5.74, 6) is 0.204. The van der Waals surface area contributed by atoms with Gasteiger partial charge in [-0.05, 0) is 44.6 Å². The van der Waals surface area contributed by atoms with Crippen molar-refractivity contribution < 1.29 is 4.79 Å². The molecule has 0 unspecified atom stereocenters. The maximum Gasteiger partial charge on any atom is 0.221 e. The molecular formula is C11H20N2O. The smallest absolute Gasteiger partial charge is 0.221 e. The van der Waals surface area contributed by atoms with Gasteiger partial charge in [-0.3, -0.25) is 4.79 Å². The van der Waals surface area contributed by atoms with Crippen LogP contribution in [-0.2, 0) is 4.79 Å². The first-order chi connectivity index (χ1) is 6.58. The highest BCUT2D eigenvalue weighted by atomic mass is 16.1. The molecular weight excluding hydrogens is 176 g/mol. The Kier molecular flexibility index (Phi) is 2.30. The highest BCUT2D eigenvalue weighted by Crippen LogP contribution is 2.43. The molecule has 2 aliphatic rings. The molecule has 0 heterocycles. The quantitative estimate of drug-likeness (QED) is 0.709. The lowest BCUT2D eigenvalue weighted by Crippen LogP contribution is -2.44. The van der Waals surface area contributed by atoms with Crippen molar-refractivity contribution in [3.8, 4) is 0 Å². The summed E-state index contributed by atoms with van der Waals surface area (Å²) in [4.78, 5) is 11.7. The van der Waals surface area contributed by atoms with E-state index in [1.54, 1.807) is 0 Å². The zero-order valence-corrected chi connectivity index (χ0v) is 8.94. The number of nitrogens with one attached hydrogen (secondary N) is 1. The van der Waals surface area contributed by atoms with Crippen LogP contribution in [0.2, 0.25) is 0 Å². The first-order valence-electron chi connectivity index (χ1n) is 5.59. The van der Waals surface area contributed by atoms with Crippen molar-refractivity contribution in [1.29, 1.82) is 0 Å². The number of carbonyl (C=O) groups excluding carboxylic acids is 1. The minimum atomic E-state index is 0.122. The van der Waals surface area contributed by atoms with E-state index in [0.717, 1.165) is 25.7 Å². The van der Waals surface area contributed by atoms with E-state index < -0.39 is 0 Å². The number of carbonyl (C=O) groups is 1. The minimum Gasteiger partial charge on any atom is -0.351 e. The van der Waals surface area contributed by atoms with E-state index in [-0.39, 0.29) is 16.9 Å². The van der Waals surface area contributed by atoms with Gasteiger partial charge in [0.15, 0.2) is 0 Å². The predicted molar refractivity (Wildman–Crippen MR) is 55.7 cm³/mol. The van der Waals surface area contributed by atoms with Crippen LogP contribution in [0.4, 0.5) is 0 Å². The first kappa shape index (κ1) is 9.97. The van der Waals surface area contributed by atoms with Crippen LogP contribution in [0.1, 0.15) is 45.4 Å². The molecule has 1 amide bonds. The molecule has 0 spiro atoms. The third-order valence-electron chi connectivity index (χ3n) is 3.82. The van der Waals surface area contributed by atoms with E-state index in [4.69, 9.17) is 5.73 Å². The fraction of sp³-hybridized carbons (Fsp3) is 0.909. The van der Waals surface area contributed by atoms with Gasteiger partial charge < -0.3 is 11.1 Å². The van der Waals surface area contributed by atoms with Crippen LogP contribution in [0.15, 0.2) is 0 Å². The van der Waals surface area contributed by atoms with Crippen LogP contribution < -0.4 is 11.1 Å². The maximum absolute atomic E-state index is 11.7. The van der Waals surface area contributed by atoms with Gasteiger partial charge in [0, 0.05) is 12.0 Å². The fourth-order valence-electron chi connectivity index (χ4n) is 2.16. The third kappa shape index (κ3) is 1.92. The van der Waals surface area contributed by atoms with E-state index in [9.17, 15) is 4.79 Å². The topological polar surface area (TPSA) is 55.1 Å². The zero-order valence-electron chi connectivity index (χ0n) is 8.94. The molecule has 2 aliphatic carbocycles. The fourth-order valence-corrected chi connectivity index (χ4v) is 2.16. The van der Waals surface area contributed by atoms with Crippen molar-refractivity contribution in [3.05, 3.63) is 0 Å². The van der Waals surface area contributed by atoms with Crippen molar-refractivity contribution >= 4 is 5.91 Å². The summed E-state index contributed by atoms with van der Waals surface area (Å²) >= 11 is 0. The minimum absolute atomic E-state index is 0.122. The molecule has 0 aromatic heterocycles.